The van der Waals surface area contributed by atoms with Crippen LogP contribution in [0.2, 0.25) is 0 Å². The van der Waals surface area contributed by atoms with E-state index in [0.717, 1.165) is 11.3 Å². The molecule has 0 spiro atoms. The van der Waals surface area contributed by atoms with Crippen LogP contribution in [0.4, 0.5) is 13.2 Å². The number of nitrogens with one attached hydrogen (secondary N) is 1. The molecule has 0 unspecified atom stereocenters. The van der Waals surface area contributed by atoms with E-state index in [1.165, 1.54) is 0 Å². The average Bonchev–Trinajstić information content (AvgIpc) is 2.60. The normalized spacial score (nSPS) is 12.4. The van der Waals surface area contributed by atoms with E-state index in [9.17, 15) is 13.2 Å². The first-order chi connectivity index (χ1) is 7.84. The molecule has 0 saturated heterocycles. The van der Waals surface area contributed by atoms with Crippen LogP contribution in [0.25, 0.3) is 0 Å². The van der Waals surface area contributed by atoms with Crippen LogP contribution < -0.4 is 5.32 Å². The fraction of sp³-hybridized carbons (Fsp3) is 0.700. The lowest BCUT2D eigenvalue weighted by Crippen LogP contribution is -2.20. The van der Waals surface area contributed by atoms with Gasteiger partial charge in [0.2, 0.25) is 0 Å². The monoisotopic (exact) mass is 268 g/mol. The van der Waals surface area contributed by atoms with Crippen LogP contribution in [-0.4, -0.2) is 16.6 Å². The second-order valence-corrected chi connectivity index (χ2v) is 5.23. The predicted octanol–water partition coefficient (Wildman–Crippen LogP) is 2.40. The third kappa shape index (κ3) is 4.25. The first kappa shape index (κ1) is 14.4. The fourth-order valence-corrected chi connectivity index (χ4v) is 2.20. The number of halogens is 3. The van der Waals surface area contributed by atoms with Gasteiger partial charge in [0.25, 0.3) is 0 Å². The largest absolute Gasteiger partial charge is 0.434 e. The summed E-state index contributed by atoms with van der Waals surface area (Å²) in [7, 11) is 0. The molecular formula is C10H15F3N2OS. The van der Waals surface area contributed by atoms with Gasteiger partial charge in [0, 0.05) is 6.54 Å². The Morgan fingerprint density at radius 2 is 2.06 bits per heavy atom. The van der Waals surface area contributed by atoms with E-state index in [0.29, 0.717) is 12.5 Å². The highest BCUT2D eigenvalue weighted by molar-refractivity contribution is 7.11. The van der Waals surface area contributed by atoms with Crippen LogP contribution in [0.5, 0.6) is 0 Å². The van der Waals surface area contributed by atoms with Gasteiger partial charge in [0.1, 0.15) is 5.01 Å². The smallest absolute Gasteiger partial charge is 0.389 e. The summed E-state index contributed by atoms with van der Waals surface area (Å²) in [6.45, 7) is 4.26. The summed E-state index contributed by atoms with van der Waals surface area (Å²) in [5.41, 5.74) is -0.886. The van der Waals surface area contributed by atoms with Crippen molar-refractivity contribution in [1.82, 2.24) is 10.3 Å². The Balaban J connectivity index is 2.78. The van der Waals surface area contributed by atoms with Gasteiger partial charge >= 0.3 is 6.18 Å². The summed E-state index contributed by atoms with van der Waals surface area (Å²) in [6.07, 6.45) is -4.46. The van der Waals surface area contributed by atoms with Crippen molar-refractivity contribution in [2.75, 3.05) is 6.54 Å². The summed E-state index contributed by atoms with van der Waals surface area (Å²) in [4.78, 5) is 3.53. The Hall–Kier alpha value is -0.660. The van der Waals surface area contributed by atoms with Crippen molar-refractivity contribution in [2.45, 2.75) is 33.2 Å². The van der Waals surface area contributed by atoms with Crippen molar-refractivity contribution < 1.29 is 18.3 Å². The second-order valence-electron chi connectivity index (χ2n) is 4.06. The number of hydrogen-bond donors (Lipinski definition) is 2. The molecule has 0 aromatic carbocycles. The summed E-state index contributed by atoms with van der Waals surface area (Å²) >= 11 is 0.894. The van der Waals surface area contributed by atoms with Crippen molar-refractivity contribution in [2.24, 2.45) is 5.92 Å². The maximum absolute atomic E-state index is 12.6. The summed E-state index contributed by atoms with van der Waals surface area (Å²) in [5.74, 6) is 0.370. The van der Waals surface area contributed by atoms with Gasteiger partial charge < -0.3 is 10.4 Å². The van der Waals surface area contributed by atoms with Gasteiger partial charge in [-0.3, -0.25) is 0 Å². The summed E-state index contributed by atoms with van der Waals surface area (Å²) in [6, 6.07) is 0. The number of nitrogens with zero attached hydrogens (tertiary/aromatic N) is 1. The van der Waals surface area contributed by atoms with E-state index in [2.05, 4.69) is 10.3 Å². The van der Waals surface area contributed by atoms with Crippen LogP contribution >= 0.6 is 11.3 Å². The minimum absolute atomic E-state index is 0.0960. The zero-order valence-electron chi connectivity index (χ0n) is 9.64. The first-order valence-corrected chi connectivity index (χ1v) is 6.03. The number of aliphatic hydroxyl groups excluding tert-OH is 1. The van der Waals surface area contributed by atoms with Gasteiger partial charge in [-0.25, -0.2) is 4.98 Å². The highest BCUT2D eigenvalue weighted by Crippen LogP contribution is 2.34. The van der Waals surface area contributed by atoms with Crippen LogP contribution in [-0.2, 0) is 19.3 Å². The minimum atomic E-state index is -4.46. The summed E-state index contributed by atoms with van der Waals surface area (Å²) in [5, 5.41) is 11.9. The van der Waals surface area contributed by atoms with E-state index < -0.39 is 18.5 Å². The Morgan fingerprint density at radius 1 is 1.41 bits per heavy atom. The number of thiazole rings is 1. The van der Waals surface area contributed by atoms with Gasteiger partial charge in [0.05, 0.1) is 11.5 Å². The van der Waals surface area contributed by atoms with Crippen molar-refractivity contribution in [1.29, 1.82) is 0 Å². The lowest BCUT2D eigenvalue weighted by Gasteiger charge is -2.08. The maximum Gasteiger partial charge on any atom is 0.434 e. The highest BCUT2D eigenvalue weighted by atomic mass is 32.1. The zero-order chi connectivity index (χ0) is 13.1. The number of aliphatic hydroxyl groups is 1. The molecule has 0 aliphatic carbocycles. The van der Waals surface area contributed by atoms with E-state index in [-0.39, 0.29) is 16.4 Å². The molecular weight excluding hydrogens is 253 g/mol. The van der Waals surface area contributed by atoms with Gasteiger partial charge in [-0.1, -0.05) is 13.8 Å². The van der Waals surface area contributed by atoms with Crippen LogP contribution in [0.15, 0.2) is 0 Å². The lowest BCUT2D eigenvalue weighted by molar-refractivity contribution is -0.141. The van der Waals surface area contributed by atoms with Crippen molar-refractivity contribution in [3.05, 3.63) is 15.6 Å². The van der Waals surface area contributed by atoms with Crippen LogP contribution in [0.3, 0.4) is 0 Å². The molecule has 0 bridgehead atoms. The van der Waals surface area contributed by atoms with Crippen LogP contribution in [0.1, 0.15) is 29.4 Å². The molecule has 0 aliphatic rings. The van der Waals surface area contributed by atoms with Crippen molar-refractivity contribution >= 4 is 11.3 Å². The molecule has 0 aliphatic heterocycles. The number of aromatic nitrogens is 1. The van der Waals surface area contributed by atoms with Gasteiger partial charge in [-0.2, -0.15) is 13.2 Å². The quantitative estimate of drug-likeness (QED) is 0.862. The van der Waals surface area contributed by atoms with E-state index in [1.807, 2.05) is 13.8 Å². The Morgan fingerprint density at radius 3 is 2.53 bits per heavy atom. The molecule has 0 atom stereocenters. The lowest BCUT2D eigenvalue weighted by atomic mass is 10.2. The Bertz CT molecular complexity index is 363. The third-order valence-electron chi connectivity index (χ3n) is 1.98. The molecule has 0 saturated carbocycles. The fourth-order valence-electron chi connectivity index (χ4n) is 1.28. The van der Waals surface area contributed by atoms with E-state index >= 15 is 0 Å². The first-order valence-electron chi connectivity index (χ1n) is 5.22. The number of hydrogen-bond acceptors (Lipinski definition) is 4. The second kappa shape index (κ2) is 5.79. The molecule has 1 heterocycles. The zero-order valence-corrected chi connectivity index (χ0v) is 10.5. The molecule has 2 N–H and O–H groups in total. The van der Waals surface area contributed by atoms with Crippen molar-refractivity contribution in [3.63, 3.8) is 0 Å². The van der Waals surface area contributed by atoms with E-state index in [4.69, 9.17) is 5.11 Å². The molecule has 0 fully saturated rings. The molecule has 1 aromatic heterocycles. The average molecular weight is 268 g/mol. The van der Waals surface area contributed by atoms with Crippen molar-refractivity contribution in [3.8, 4) is 0 Å². The minimum Gasteiger partial charge on any atom is -0.389 e. The molecule has 7 heteroatoms. The third-order valence-corrected chi connectivity index (χ3v) is 3.02. The topological polar surface area (TPSA) is 45.1 Å². The van der Waals surface area contributed by atoms with Gasteiger partial charge in [0.15, 0.2) is 5.69 Å². The Labute approximate surface area is 102 Å². The number of rotatable bonds is 5. The predicted molar refractivity (Wildman–Crippen MR) is 59.6 cm³/mol. The maximum atomic E-state index is 12.6. The standard InChI is InChI=1S/C10H15F3N2OS/c1-6(2)3-14-4-7-9(10(11,12)13)15-8(5-16)17-7/h6,14,16H,3-5H2,1-2H3. The molecule has 0 radical (unpaired) electrons. The van der Waals surface area contributed by atoms with E-state index in [1.54, 1.807) is 0 Å². The van der Waals surface area contributed by atoms with Gasteiger partial charge in [-0.15, -0.1) is 11.3 Å². The van der Waals surface area contributed by atoms with Gasteiger partial charge in [-0.05, 0) is 12.5 Å². The SMILES string of the molecule is CC(C)CNCc1sc(CO)nc1C(F)(F)F. The molecule has 3 nitrogen and oxygen atoms in total. The molecule has 98 valence electrons. The molecule has 0 amide bonds. The Kier molecular flexibility index (Phi) is 4.91. The van der Waals surface area contributed by atoms with Crippen LogP contribution in [0, 0.1) is 5.92 Å². The number of alkyl halides is 3. The highest BCUT2D eigenvalue weighted by Gasteiger charge is 2.37. The molecule has 17 heavy (non-hydrogen) atoms. The molecule has 1 rings (SSSR count). The molecule has 1 aromatic rings. The summed E-state index contributed by atoms with van der Waals surface area (Å²) < 4.78 is 37.9.